The van der Waals surface area contributed by atoms with Crippen molar-refractivity contribution >= 4 is 27.0 Å². The molecule has 25 heavy (non-hydrogen) atoms. The predicted molar refractivity (Wildman–Crippen MR) is 84.8 cm³/mol. The average molecular weight is 366 g/mol. The zero-order valence-electron chi connectivity index (χ0n) is 12.9. The summed E-state index contributed by atoms with van der Waals surface area (Å²) in [6, 6.07) is 5.05. The van der Waals surface area contributed by atoms with Crippen molar-refractivity contribution in [2.45, 2.75) is 18.2 Å². The molecule has 1 N–H and O–H groups in total. The highest BCUT2D eigenvalue weighted by molar-refractivity contribution is 7.90. The number of hydrogen-bond acceptors (Lipinski definition) is 4. The Morgan fingerprint density at radius 1 is 1.24 bits per heavy atom. The zero-order valence-corrected chi connectivity index (χ0v) is 13.7. The highest BCUT2D eigenvalue weighted by atomic mass is 32.2. The maximum absolute atomic E-state index is 13.5. The summed E-state index contributed by atoms with van der Waals surface area (Å²) in [6.45, 7) is 1.42. The Labute approximate surface area is 141 Å². The number of carboxylic acid groups (broad SMARTS) is 1. The molecule has 3 aromatic rings. The third-order valence-corrected chi connectivity index (χ3v) is 5.51. The van der Waals surface area contributed by atoms with Gasteiger partial charge in [-0.25, -0.2) is 26.2 Å². The van der Waals surface area contributed by atoms with E-state index >= 15 is 0 Å². The monoisotopic (exact) mass is 366 g/mol. The molecule has 0 saturated carbocycles. The number of benzene rings is 1. The number of pyridine rings is 1. The lowest BCUT2D eigenvalue weighted by atomic mass is 10.1. The van der Waals surface area contributed by atoms with E-state index in [1.807, 2.05) is 0 Å². The number of rotatable bonds is 4. The fraction of sp³-hybridized carbons (Fsp3) is 0.125. The maximum atomic E-state index is 13.5. The Morgan fingerprint density at radius 3 is 2.48 bits per heavy atom. The van der Waals surface area contributed by atoms with Gasteiger partial charge in [0.1, 0.15) is 11.6 Å². The first-order chi connectivity index (χ1) is 11.7. The molecule has 0 fully saturated rings. The second-order valence-corrected chi connectivity index (χ2v) is 7.17. The molecule has 0 unspecified atom stereocenters. The molecule has 130 valence electrons. The topological polar surface area (TPSA) is 89.3 Å². The van der Waals surface area contributed by atoms with Gasteiger partial charge in [-0.3, -0.25) is 4.79 Å². The van der Waals surface area contributed by atoms with Crippen LogP contribution in [0.25, 0.3) is 11.0 Å². The second kappa shape index (κ2) is 5.92. The lowest BCUT2D eigenvalue weighted by Gasteiger charge is -2.10. The van der Waals surface area contributed by atoms with E-state index in [0.29, 0.717) is 23.6 Å². The normalized spacial score (nSPS) is 11.8. The molecule has 0 amide bonds. The van der Waals surface area contributed by atoms with Crippen LogP contribution in [0.4, 0.5) is 8.78 Å². The molecule has 6 nitrogen and oxygen atoms in total. The smallest absolute Gasteiger partial charge is 0.307 e. The van der Waals surface area contributed by atoms with Crippen LogP contribution in [0.1, 0.15) is 11.3 Å². The average Bonchev–Trinajstić information content (AvgIpc) is 2.79. The second-order valence-electron chi connectivity index (χ2n) is 5.38. The first-order valence-corrected chi connectivity index (χ1v) is 8.54. The van der Waals surface area contributed by atoms with Crippen LogP contribution in [0.15, 0.2) is 41.4 Å². The van der Waals surface area contributed by atoms with Crippen molar-refractivity contribution in [1.29, 1.82) is 0 Å². The van der Waals surface area contributed by atoms with Crippen LogP contribution in [0, 0.1) is 18.6 Å². The van der Waals surface area contributed by atoms with Crippen LogP contribution in [0.5, 0.6) is 0 Å². The Kier molecular flexibility index (Phi) is 4.03. The molecule has 0 radical (unpaired) electrons. The van der Waals surface area contributed by atoms with Gasteiger partial charge in [-0.2, -0.15) is 0 Å². The third kappa shape index (κ3) is 2.86. The van der Waals surface area contributed by atoms with Crippen LogP contribution in [0.3, 0.4) is 0 Å². The number of fused-ring (bicyclic) bond motifs is 1. The van der Waals surface area contributed by atoms with Gasteiger partial charge in [-0.15, -0.1) is 0 Å². The van der Waals surface area contributed by atoms with Gasteiger partial charge in [-0.05, 0) is 36.8 Å². The van der Waals surface area contributed by atoms with E-state index in [-0.39, 0.29) is 16.9 Å². The van der Waals surface area contributed by atoms with Gasteiger partial charge >= 0.3 is 5.97 Å². The van der Waals surface area contributed by atoms with Gasteiger partial charge in [0.15, 0.2) is 5.65 Å². The van der Waals surface area contributed by atoms with Crippen LogP contribution in [-0.4, -0.2) is 28.5 Å². The minimum atomic E-state index is -4.37. The van der Waals surface area contributed by atoms with Gasteiger partial charge in [0.2, 0.25) is 0 Å². The van der Waals surface area contributed by atoms with E-state index in [1.165, 1.54) is 13.1 Å². The van der Waals surface area contributed by atoms with Crippen molar-refractivity contribution in [1.82, 2.24) is 8.96 Å². The number of aromatic nitrogens is 2. The standard InChI is InChI=1S/C16H12F2N2O4S/c1-9-14(8-15(21)22)13-3-2-4-19-16(13)20(9)25(23,24)12-6-10(17)5-11(18)7-12/h2-7H,8H2,1H3,(H,21,22). The minimum absolute atomic E-state index is 0.000851. The lowest BCUT2D eigenvalue weighted by molar-refractivity contribution is -0.136. The molecule has 1 aromatic carbocycles. The molecule has 2 heterocycles. The first-order valence-electron chi connectivity index (χ1n) is 7.10. The van der Waals surface area contributed by atoms with Crippen LogP contribution >= 0.6 is 0 Å². The molecule has 3 rings (SSSR count). The van der Waals surface area contributed by atoms with Crippen LogP contribution in [-0.2, 0) is 21.2 Å². The molecule has 0 aliphatic heterocycles. The van der Waals surface area contributed by atoms with Crippen LogP contribution < -0.4 is 0 Å². The summed E-state index contributed by atoms with van der Waals surface area (Å²) in [5, 5.41) is 9.42. The molecule has 2 aromatic heterocycles. The number of hydrogen-bond donors (Lipinski definition) is 1. The number of carbonyl (C=O) groups is 1. The summed E-state index contributed by atoms with van der Waals surface area (Å²) in [5.74, 6) is -3.21. The fourth-order valence-electron chi connectivity index (χ4n) is 2.72. The number of halogens is 2. The quantitative estimate of drug-likeness (QED) is 0.766. The molecule has 9 heteroatoms. The lowest BCUT2D eigenvalue weighted by Crippen LogP contribution is -2.16. The molecular formula is C16H12F2N2O4S. The van der Waals surface area contributed by atoms with Gasteiger partial charge in [0.05, 0.1) is 11.3 Å². The van der Waals surface area contributed by atoms with E-state index in [4.69, 9.17) is 5.11 Å². The minimum Gasteiger partial charge on any atom is -0.481 e. The van der Waals surface area contributed by atoms with Crippen molar-refractivity contribution in [3.8, 4) is 0 Å². The largest absolute Gasteiger partial charge is 0.481 e. The summed E-state index contributed by atoms with van der Waals surface area (Å²) in [5.41, 5.74) is 0.401. The third-order valence-electron chi connectivity index (χ3n) is 3.75. The number of carboxylic acids is 1. The highest BCUT2D eigenvalue weighted by Crippen LogP contribution is 2.29. The Balaban J connectivity index is 2.35. The summed E-state index contributed by atoms with van der Waals surface area (Å²) in [4.78, 5) is 14.5. The molecule has 0 spiro atoms. The van der Waals surface area contributed by atoms with Crippen molar-refractivity contribution < 1.29 is 27.1 Å². The SMILES string of the molecule is Cc1c(CC(=O)O)c2cccnc2n1S(=O)(=O)c1cc(F)cc(F)c1. The van der Waals surface area contributed by atoms with Crippen molar-refractivity contribution in [3.05, 3.63) is 59.4 Å². The van der Waals surface area contributed by atoms with Gasteiger partial charge < -0.3 is 5.11 Å². The van der Waals surface area contributed by atoms with E-state index in [0.717, 1.165) is 3.97 Å². The maximum Gasteiger partial charge on any atom is 0.307 e. The Bertz CT molecular complexity index is 1090. The predicted octanol–water partition coefficient (Wildman–Crippen LogP) is 2.49. The van der Waals surface area contributed by atoms with E-state index in [2.05, 4.69) is 4.98 Å². The highest BCUT2D eigenvalue weighted by Gasteiger charge is 2.27. The summed E-state index contributed by atoms with van der Waals surface area (Å²) >= 11 is 0. The number of nitrogens with zero attached hydrogens (tertiary/aromatic N) is 2. The molecule has 0 atom stereocenters. The van der Waals surface area contributed by atoms with Crippen molar-refractivity contribution in [3.63, 3.8) is 0 Å². The Hall–Kier alpha value is -2.81. The molecule has 0 saturated heterocycles. The fourth-order valence-corrected chi connectivity index (χ4v) is 4.30. The van der Waals surface area contributed by atoms with E-state index in [1.54, 1.807) is 12.1 Å². The number of aliphatic carboxylic acids is 1. The van der Waals surface area contributed by atoms with Crippen molar-refractivity contribution in [2.75, 3.05) is 0 Å². The summed E-state index contributed by atoms with van der Waals surface area (Å²) < 4.78 is 53.6. The van der Waals surface area contributed by atoms with Gasteiger partial charge in [-0.1, -0.05) is 0 Å². The van der Waals surface area contributed by atoms with Gasteiger partial charge in [0.25, 0.3) is 10.0 Å². The molecule has 0 aliphatic carbocycles. The Morgan fingerprint density at radius 2 is 1.88 bits per heavy atom. The summed E-state index contributed by atoms with van der Waals surface area (Å²) in [6.07, 6.45) is 0.943. The van der Waals surface area contributed by atoms with Gasteiger partial charge in [0, 0.05) is 23.3 Å². The van der Waals surface area contributed by atoms with E-state index in [9.17, 15) is 22.0 Å². The molecule has 0 bridgehead atoms. The van der Waals surface area contributed by atoms with Crippen LogP contribution in [0.2, 0.25) is 0 Å². The molecular weight excluding hydrogens is 354 g/mol. The first kappa shape index (κ1) is 17.0. The summed E-state index contributed by atoms with van der Waals surface area (Å²) in [7, 11) is -4.37. The van der Waals surface area contributed by atoms with Crippen molar-refractivity contribution in [2.24, 2.45) is 0 Å². The zero-order chi connectivity index (χ0) is 18.4. The molecule has 0 aliphatic rings. The van der Waals surface area contributed by atoms with E-state index < -0.39 is 38.9 Å².